The van der Waals surface area contributed by atoms with Gasteiger partial charge in [0.15, 0.2) is 0 Å². The second-order valence-corrected chi connectivity index (χ2v) is 6.07. The molecule has 0 aliphatic carbocycles. The van der Waals surface area contributed by atoms with E-state index in [1.807, 2.05) is 4.83 Å². The summed E-state index contributed by atoms with van der Waals surface area (Å²) in [6.45, 7) is -0.817. The Balaban J connectivity index is 2.65. The Hall–Kier alpha value is -1.56. The topological polar surface area (TPSA) is 160 Å². The van der Waals surface area contributed by atoms with Crippen LogP contribution in [-0.2, 0) is 10.0 Å². The van der Waals surface area contributed by atoms with Gasteiger partial charge in [-0.25, -0.2) is 4.83 Å². The second-order valence-electron chi connectivity index (χ2n) is 4.41. The largest absolute Gasteiger partial charge is 0.394 e. The van der Waals surface area contributed by atoms with Gasteiger partial charge in [-0.1, -0.05) is 18.2 Å². The lowest BCUT2D eigenvalue weighted by molar-refractivity contribution is -0.0999. The smallest absolute Gasteiger partial charge is 0.276 e. The fourth-order valence-electron chi connectivity index (χ4n) is 1.45. The number of aliphatic hydroxyl groups is 5. The first-order chi connectivity index (χ1) is 10.3. The first-order valence-electron chi connectivity index (χ1n) is 6.22. The van der Waals surface area contributed by atoms with Crippen molar-refractivity contribution in [2.24, 2.45) is 5.10 Å². The second kappa shape index (κ2) is 8.17. The van der Waals surface area contributed by atoms with Crippen molar-refractivity contribution in [1.29, 1.82) is 0 Å². The van der Waals surface area contributed by atoms with E-state index in [1.54, 1.807) is 6.07 Å². The van der Waals surface area contributed by atoms with E-state index >= 15 is 0 Å². The van der Waals surface area contributed by atoms with Crippen molar-refractivity contribution in [1.82, 2.24) is 4.83 Å². The minimum atomic E-state index is -3.92. The van der Waals surface area contributed by atoms with E-state index in [0.29, 0.717) is 6.21 Å². The molecule has 0 aromatic heterocycles. The van der Waals surface area contributed by atoms with Gasteiger partial charge < -0.3 is 25.5 Å². The predicted molar refractivity (Wildman–Crippen MR) is 76.4 cm³/mol. The van der Waals surface area contributed by atoms with Crippen LogP contribution in [0.5, 0.6) is 0 Å². The summed E-state index contributed by atoms with van der Waals surface area (Å²) in [5.41, 5.74) is 0. The van der Waals surface area contributed by atoms with Crippen LogP contribution in [0, 0.1) is 0 Å². The van der Waals surface area contributed by atoms with Crippen LogP contribution >= 0.6 is 0 Å². The fraction of sp³-hybridized carbons (Fsp3) is 0.417. The van der Waals surface area contributed by atoms with Gasteiger partial charge in [0, 0.05) is 0 Å². The van der Waals surface area contributed by atoms with Crippen LogP contribution in [0.2, 0.25) is 0 Å². The van der Waals surface area contributed by atoms with E-state index < -0.39 is 41.0 Å². The number of benzene rings is 1. The Morgan fingerprint density at radius 1 is 1.09 bits per heavy atom. The molecule has 0 bridgehead atoms. The highest BCUT2D eigenvalue weighted by molar-refractivity contribution is 7.89. The molecule has 1 rings (SSSR count). The van der Waals surface area contributed by atoms with Gasteiger partial charge in [0.05, 0.1) is 17.7 Å². The SMILES string of the molecule is O=S(=O)(N/N=C/[C@H](O)[C@@H](O)[C@H](O)[C@H](O)CO)c1ccccc1. The third kappa shape index (κ3) is 5.02. The summed E-state index contributed by atoms with van der Waals surface area (Å²) >= 11 is 0. The average Bonchev–Trinajstić information content (AvgIpc) is 2.53. The fourth-order valence-corrected chi connectivity index (χ4v) is 2.27. The Labute approximate surface area is 127 Å². The maximum absolute atomic E-state index is 11.8. The maximum Gasteiger partial charge on any atom is 0.276 e. The molecule has 1 aromatic rings. The molecule has 0 unspecified atom stereocenters. The quantitative estimate of drug-likeness (QED) is 0.224. The normalized spacial score (nSPS) is 17.9. The molecule has 0 radical (unpaired) electrons. The monoisotopic (exact) mass is 334 g/mol. The molecule has 0 heterocycles. The highest BCUT2D eigenvalue weighted by Crippen LogP contribution is 2.07. The molecule has 0 saturated heterocycles. The van der Waals surface area contributed by atoms with Crippen LogP contribution < -0.4 is 4.83 Å². The number of rotatable bonds is 8. The van der Waals surface area contributed by atoms with Crippen molar-refractivity contribution < 1.29 is 34.0 Å². The zero-order valence-electron chi connectivity index (χ0n) is 11.4. The van der Waals surface area contributed by atoms with Crippen molar-refractivity contribution in [2.45, 2.75) is 29.3 Å². The van der Waals surface area contributed by atoms with Crippen molar-refractivity contribution >= 4 is 16.2 Å². The van der Waals surface area contributed by atoms with Gasteiger partial charge in [-0.05, 0) is 12.1 Å². The molecule has 9 nitrogen and oxygen atoms in total. The van der Waals surface area contributed by atoms with Crippen molar-refractivity contribution in [2.75, 3.05) is 6.61 Å². The summed E-state index contributed by atoms with van der Waals surface area (Å²) in [7, 11) is -3.92. The predicted octanol–water partition coefficient (Wildman–Crippen LogP) is -2.61. The number of hydrogen-bond acceptors (Lipinski definition) is 8. The van der Waals surface area contributed by atoms with E-state index in [0.717, 1.165) is 0 Å². The zero-order valence-corrected chi connectivity index (χ0v) is 12.2. The summed E-state index contributed by atoms with van der Waals surface area (Å²) in [5.74, 6) is 0. The van der Waals surface area contributed by atoms with Gasteiger partial charge in [-0.2, -0.15) is 13.5 Å². The number of nitrogens with zero attached hydrogens (tertiary/aromatic N) is 1. The minimum Gasteiger partial charge on any atom is -0.394 e. The zero-order chi connectivity index (χ0) is 16.8. The minimum absolute atomic E-state index is 0.0436. The third-order valence-corrected chi connectivity index (χ3v) is 3.97. The molecule has 4 atom stereocenters. The molecule has 0 spiro atoms. The molecule has 0 fully saturated rings. The summed E-state index contributed by atoms with van der Waals surface area (Å²) < 4.78 is 23.6. The number of hydrazone groups is 1. The van der Waals surface area contributed by atoms with Crippen molar-refractivity contribution in [3.05, 3.63) is 30.3 Å². The molecule has 0 saturated carbocycles. The van der Waals surface area contributed by atoms with Crippen LogP contribution in [0.1, 0.15) is 0 Å². The van der Waals surface area contributed by atoms with E-state index in [2.05, 4.69) is 5.10 Å². The lowest BCUT2D eigenvalue weighted by Gasteiger charge is -2.23. The van der Waals surface area contributed by atoms with Gasteiger partial charge in [-0.3, -0.25) is 0 Å². The van der Waals surface area contributed by atoms with E-state index in [9.17, 15) is 23.7 Å². The van der Waals surface area contributed by atoms with Crippen molar-refractivity contribution in [3.63, 3.8) is 0 Å². The van der Waals surface area contributed by atoms with E-state index in [4.69, 9.17) is 10.2 Å². The number of sulfonamides is 1. The Morgan fingerprint density at radius 3 is 2.23 bits per heavy atom. The van der Waals surface area contributed by atoms with Gasteiger partial charge in [-0.15, -0.1) is 0 Å². The number of hydrogen-bond donors (Lipinski definition) is 6. The Morgan fingerprint density at radius 2 is 1.68 bits per heavy atom. The standard InChI is InChI=1S/C12H18N2O7S/c15-7-10(17)12(19)11(18)9(16)6-13-14-22(20,21)8-4-2-1-3-5-8/h1-6,9-12,14-19H,7H2/b13-6+/t9-,10+,11+,12+/m0/s1. The van der Waals surface area contributed by atoms with E-state index in [-0.39, 0.29) is 4.90 Å². The highest BCUT2D eigenvalue weighted by Gasteiger charge is 2.29. The first kappa shape index (κ1) is 18.5. The summed E-state index contributed by atoms with van der Waals surface area (Å²) in [6.07, 6.45) is -6.43. The summed E-state index contributed by atoms with van der Waals surface area (Å²) in [6, 6.07) is 7.35. The lowest BCUT2D eigenvalue weighted by Crippen LogP contribution is -2.46. The Kier molecular flexibility index (Phi) is 6.87. The highest BCUT2D eigenvalue weighted by atomic mass is 32.2. The van der Waals surface area contributed by atoms with E-state index in [1.165, 1.54) is 24.3 Å². The average molecular weight is 334 g/mol. The molecular formula is C12H18N2O7S. The van der Waals surface area contributed by atoms with Crippen molar-refractivity contribution in [3.8, 4) is 0 Å². The van der Waals surface area contributed by atoms with Crippen LogP contribution in [0.3, 0.4) is 0 Å². The molecular weight excluding hydrogens is 316 g/mol. The van der Waals surface area contributed by atoms with Gasteiger partial charge >= 0.3 is 0 Å². The summed E-state index contributed by atoms with van der Waals surface area (Å²) in [4.78, 5) is 1.78. The molecule has 0 aliphatic heterocycles. The summed E-state index contributed by atoms with van der Waals surface area (Å²) in [5, 5.41) is 49.4. The van der Waals surface area contributed by atoms with Gasteiger partial charge in [0.25, 0.3) is 10.0 Å². The van der Waals surface area contributed by atoms with Gasteiger partial charge in [0.2, 0.25) is 0 Å². The Bertz CT molecular complexity index is 578. The van der Waals surface area contributed by atoms with Crippen LogP contribution in [0.15, 0.2) is 40.3 Å². The molecule has 6 N–H and O–H groups in total. The molecule has 1 aromatic carbocycles. The van der Waals surface area contributed by atoms with Crippen LogP contribution in [0.25, 0.3) is 0 Å². The lowest BCUT2D eigenvalue weighted by atomic mass is 10.0. The maximum atomic E-state index is 11.8. The van der Waals surface area contributed by atoms with Gasteiger partial charge in [0.1, 0.15) is 24.4 Å². The molecule has 0 aliphatic rings. The number of aliphatic hydroxyl groups excluding tert-OH is 5. The van der Waals surface area contributed by atoms with Crippen LogP contribution in [-0.4, -0.2) is 71.2 Å². The first-order valence-corrected chi connectivity index (χ1v) is 7.71. The molecule has 10 heteroatoms. The number of nitrogens with one attached hydrogen (secondary N) is 1. The molecule has 124 valence electrons. The van der Waals surface area contributed by atoms with Crippen LogP contribution in [0.4, 0.5) is 0 Å². The molecule has 0 amide bonds. The molecule has 22 heavy (non-hydrogen) atoms. The third-order valence-electron chi connectivity index (χ3n) is 2.73.